The minimum Gasteiger partial charge on any atom is -0.353 e. The zero-order valence-corrected chi connectivity index (χ0v) is 13.1. The summed E-state index contributed by atoms with van der Waals surface area (Å²) in [6.07, 6.45) is 7.23. The van der Waals surface area contributed by atoms with E-state index >= 15 is 0 Å². The van der Waals surface area contributed by atoms with Crippen molar-refractivity contribution in [2.75, 3.05) is 12.9 Å². The Hall–Kier alpha value is -0.620. The molecular weight excluding hydrogens is 278 g/mol. The van der Waals surface area contributed by atoms with Crippen LogP contribution in [0, 0.1) is 17.8 Å². The molecule has 2 fully saturated rings. The molecule has 0 saturated heterocycles. The van der Waals surface area contributed by atoms with Crippen molar-refractivity contribution in [3.63, 3.8) is 0 Å². The van der Waals surface area contributed by atoms with Gasteiger partial charge in [0.25, 0.3) is 10.1 Å². The summed E-state index contributed by atoms with van der Waals surface area (Å²) >= 11 is 0. The first-order chi connectivity index (χ1) is 9.35. The lowest BCUT2D eigenvalue weighted by Gasteiger charge is -2.36. The highest BCUT2D eigenvalue weighted by molar-refractivity contribution is 7.85. The Balaban J connectivity index is 1.75. The molecule has 2 atom stereocenters. The Morgan fingerprint density at radius 2 is 1.80 bits per heavy atom. The third kappa shape index (κ3) is 4.45. The van der Waals surface area contributed by atoms with Crippen LogP contribution >= 0.6 is 0 Å². The average Bonchev–Trinajstić information content (AvgIpc) is 2.29. The van der Waals surface area contributed by atoms with Crippen molar-refractivity contribution in [2.24, 2.45) is 17.8 Å². The van der Waals surface area contributed by atoms with E-state index in [2.05, 4.69) is 12.2 Å². The lowest BCUT2D eigenvalue weighted by Crippen LogP contribution is -2.47. The zero-order valence-electron chi connectivity index (χ0n) is 12.3. The van der Waals surface area contributed by atoms with Crippen molar-refractivity contribution >= 4 is 16.0 Å². The second-order valence-corrected chi connectivity index (χ2v) is 8.04. The lowest BCUT2D eigenvalue weighted by molar-refractivity contribution is -0.132. The van der Waals surface area contributed by atoms with Crippen LogP contribution in [-0.4, -0.2) is 33.2 Å². The molecule has 0 spiro atoms. The summed E-state index contributed by atoms with van der Waals surface area (Å²) in [5.41, 5.74) is 0. The highest BCUT2D eigenvalue weighted by Crippen LogP contribution is 2.35. The number of amides is 1. The third-order valence-electron chi connectivity index (χ3n) is 4.61. The largest absolute Gasteiger partial charge is 0.353 e. The molecule has 0 unspecified atom stereocenters. The predicted molar refractivity (Wildman–Crippen MR) is 76.6 cm³/mol. The van der Waals surface area contributed by atoms with Gasteiger partial charge in [0.1, 0.15) is 0 Å². The van der Waals surface area contributed by atoms with Gasteiger partial charge >= 0.3 is 0 Å². The highest BCUT2D eigenvalue weighted by atomic mass is 32.2. The molecule has 2 saturated carbocycles. The van der Waals surface area contributed by atoms with Crippen LogP contribution in [0.5, 0.6) is 0 Å². The standard InChI is InChI=1S/C14H25NO4S/c1-10-3-6-12(7-4-10)15-14(16)13-8-5-11(13)9-19-20(2,17)18/h10-13H,3-9H2,1-2H3,(H,15,16)/t10?,11-,12?,13+/m0/s1. The Labute approximate surface area is 121 Å². The first-order valence-corrected chi connectivity index (χ1v) is 9.31. The van der Waals surface area contributed by atoms with Crippen molar-refractivity contribution in [1.82, 2.24) is 5.32 Å². The van der Waals surface area contributed by atoms with Gasteiger partial charge in [-0.15, -0.1) is 0 Å². The molecule has 2 rings (SSSR count). The molecule has 0 bridgehead atoms. The summed E-state index contributed by atoms with van der Waals surface area (Å²) in [5.74, 6) is 0.823. The molecule has 0 radical (unpaired) electrons. The Bertz CT molecular complexity index is 440. The summed E-state index contributed by atoms with van der Waals surface area (Å²) in [4.78, 5) is 12.2. The zero-order chi connectivity index (χ0) is 14.8. The van der Waals surface area contributed by atoms with Crippen molar-refractivity contribution in [2.45, 2.75) is 51.5 Å². The van der Waals surface area contributed by atoms with Crippen LogP contribution in [0.25, 0.3) is 0 Å². The van der Waals surface area contributed by atoms with E-state index in [0.29, 0.717) is 6.04 Å². The van der Waals surface area contributed by atoms with Gasteiger partial charge in [0.15, 0.2) is 0 Å². The van der Waals surface area contributed by atoms with Crippen LogP contribution < -0.4 is 5.32 Å². The van der Waals surface area contributed by atoms with Gasteiger partial charge in [0.2, 0.25) is 5.91 Å². The highest BCUT2D eigenvalue weighted by Gasteiger charge is 2.38. The van der Waals surface area contributed by atoms with E-state index in [9.17, 15) is 13.2 Å². The molecule has 0 aliphatic heterocycles. The second kappa shape index (κ2) is 6.43. The van der Waals surface area contributed by atoms with Crippen molar-refractivity contribution in [1.29, 1.82) is 0 Å². The molecule has 20 heavy (non-hydrogen) atoms. The molecule has 0 aromatic rings. The molecule has 2 aliphatic rings. The summed E-state index contributed by atoms with van der Waals surface area (Å²) < 4.78 is 26.8. The van der Waals surface area contributed by atoms with Crippen molar-refractivity contribution in [3.8, 4) is 0 Å². The fourth-order valence-corrected chi connectivity index (χ4v) is 3.46. The topological polar surface area (TPSA) is 72.5 Å². The fraction of sp³-hybridized carbons (Fsp3) is 0.929. The minimum absolute atomic E-state index is 0.0484. The van der Waals surface area contributed by atoms with Gasteiger partial charge in [0, 0.05) is 12.0 Å². The Kier molecular flexibility index (Phi) is 5.07. The van der Waals surface area contributed by atoms with E-state index in [4.69, 9.17) is 4.18 Å². The van der Waals surface area contributed by atoms with Gasteiger partial charge in [0.05, 0.1) is 12.9 Å². The van der Waals surface area contributed by atoms with E-state index in [0.717, 1.165) is 37.9 Å². The van der Waals surface area contributed by atoms with Crippen LogP contribution in [0.4, 0.5) is 0 Å². The maximum atomic E-state index is 12.2. The molecule has 0 heterocycles. The van der Waals surface area contributed by atoms with Gasteiger partial charge in [-0.1, -0.05) is 6.92 Å². The van der Waals surface area contributed by atoms with E-state index < -0.39 is 10.1 Å². The molecule has 1 amide bonds. The van der Waals surface area contributed by atoms with Crippen LogP contribution in [0.3, 0.4) is 0 Å². The third-order valence-corrected chi connectivity index (χ3v) is 5.18. The van der Waals surface area contributed by atoms with Gasteiger partial charge in [-0.3, -0.25) is 8.98 Å². The molecule has 0 aromatic heterocycles. The second-order valence-electron chi connectivity index (χ2n) is 6.40. The van der Waals surface area contributed by atoms with Crippen LogP contribution in [0.15, 0.2) is 0 Å². The molecule has 2 aliphatic carbocycles. The molecule has 1 N–H and O–H groups in total. The summed E-state index contributed by atoms with van der Waals surface area (Å²) in [6, 6.07) is 0.302. The SMILES string of the molecule is CC1CCC(NC(=O)[C@@H]2CC[C@H]2COS(C)(=O)=O)CC1. The Morgan fingerprint density at radius 3 is 2.30 bits per heavy atom. The lowest BCUT2D eigenvalue weighted by atomic mass is 9.73. The molecule has 0 aromatic carbocycles. The average molecular weight is 303 g/mol. The van der Waals surface area contributed by atoms with E-state index in [1.54, 1.807) is 0 Å². The normalized spacial score (nSPS) is 34.3. The van der Waals surface area contributed by atoms with Gasteiger partial charge in [-0.2, -0.15) is 8.42 Å². The molecule has 6 heteroatoms. The Morgan fingerprint density at radius 1 is 1.15 bits per heavy atom. The van der Waals surface area contributed by atoms with Crippen LogP contribution in [-0.2, 0) is 19.1 Å². The van der Waals surface area contributed by atoms with Crippen LogP contribution in [0.2, 0.25) is 0 Å². The molecule has 116 valence electrons. The maximum Gasteiger partial charge on any atom is 0.264 e. The summed E-state index contributed by atoms with van der Waals surface area (Å²) in [6.45, 7) is 2.39. The first kappa shape index (κ1) is 15.8. The van der Waals surface area contributed by atoms with E-state index in [1.807, 2.05) is 0 Å². The molecule has 5 nitrogen and oxygen atoms in total. The van der Waals surface area contributed by atoms with E-state index in [-0.39, 0.29) is 24.3 Å². The monoisotopic (exact) mass is 303 g/mol. The van der Waals surface area contributed by atoms with Crippen molar-refractivity contribution in [3.05, 3.63) is 0 Å². The number of hydrogen-bond acceptors (Lipinski definition) is 4. The summed E-state index contributed by atoms with van der Waals surface area (Å²) in [5, 5.41) is 3.12. The predicted octanol–water partition coefficient (Wildman–Crippen LogP) is 1.68. The van der Waals surface area contributed by atoms with Gasteiger partial charge in [-0.25, -0.2) is 0 Å². The number of rotatable bonds is 5. The minimum atomic E-state index is -3.41. The smallest absolute Gasteiger partial charge is 0.264 e. The summed E-state index contributed by atoms with van der Waals surface area (Å²) in [7, 11) is -3.41. The first-order valence-electron chi connectivity index (χ1n) is 7.50. The van der Waals surface area contributed by atoms with Crippen molar-refractivity contribution < 1.29 is 17.4 Å². The number of hydrogen-bond donors (Lipinski definition) is 1. The molecular formula is C14H25NO4S. The number of nitrogens with one attached hydrogen (secondary N) is 1. The fourth-order valence-electron chi connectivity index (χ4n) is 3.04. The number of carbonyl (C=O) groups is 1. The van der Waals surface area contributed by atoms with Crippen LogP contribution in [0.1, 0.15) is 45.4 Å². The van der Waals surface area contributed by atoms with Gasteiger partial charge < -0.3 is 5.32 Å². The maximum absolute atomic E-state index is 12.2. The quantitative estimate of drug-likeness (QED) is 0.784. The van der Waals surface area contributed by atoms with Gasteiger partial charge in [-0.05, 0) is 50.4 Å². The number of carbonyl (C=O) groups excluding carboxylic acids is 1. The van der Waals surface area contributed by atoms with E-state index in [1.165, 1.54) is 12.8 Å².